The summed E-state index contributed by atoms with van der Waals surface area (Å²) in [5, 5.41) is 18.2. The van der Waals surface area contributed by atoms with E-state index in [0.29, 0.717) is 25.4 Å². The quantitative estimate of drug-likeness (QED) is 0.657. The van der Waals surface area contributed by atoms with E-state index in [4.69, 9.17) is 9.84 Å². The normalized spacial score (nSPS) is 29.3. The lowest BCUT2D eigenvalue weighted by molar-refractivity contribution is -0.144. The number of hydrazone groups is 1. The molecule has 1 aromatic rings. The first kappa shape index (κ1) is 23.4. The summed E-state index contributed by atoms with van der Waals surface area (Å²) in [6.07, 6.45) is 3.79. The highest BCUT2D eigenvalue weighted by Crippen LogP contribution is 2.39. The second-order valence-corrected chi connectivity index (χ2v) is 9.42. The monoisotopic (exact) mass is 455 g/mol. The van der Waals surface area contributed by atoms with Crippen molar-refractivity contribution in [2.45, 2.75) is 77.0 Å². The van der Waals surface area contributed by atoms with Crippen LogP contribution in [0.1, 0.15) is 63.0 Å². The van der Waals surface area contributed by atoms with E-state index in [0.717, 1.165) is 36.1 Å². The number of aliphatic carboxylic acids is 1. The third-order valence-corrected chi connectivity index (χ3v) is 7.17. The summed E-state index contributed by atoms with van der Waals surface area (Å²) in [6, 6.07) is 7.65. The van der Waals surface area contributed by atoms with Crippen molar-refractivity contribution in [1.82, 2.24) is 10.3 Å². The molecule has 8 nitrogen and oxygen atoms in total. The molecule has 33 heavy (non-hydrogen) atoms. The highest BCUT2D eigenvalue weighted by Gasteiger charge is 2.47. The third-order valence-electron chi connectivity index (χ3n) is 7.17. The number of piperidine rings is 1. The number of nitrogens with zero attached hydrogens (tertiary/aromatic N) is 2. The van der Waals surface area contributed by atoms with Gasteiger partial charge in [-0.3, -0.25) is 14.4 Å². The van der Waals surface area contributed by atoms with E-state index < -0.39 is 12.0 Å². The average molecular weight is 456 g/mol. The highest BCUT2D eigenvalue weighted by molar-refractivity contribution is 6.03. The van der Waals surface area contributed by atoms with Gasteiger partial charge in [0.05, 0.1) is 30.2 Å². The van der Waals surface area contributed by atoms with Crippen molar-refractivity contribution in [1.29, 1.82) is 0 Å². The van der Waals surface area contributed by atoms with Crippen LogP contribution >= 0.6 is 0 Å². The summed E-state index contributed by atoms with van der Waals surface area (Å²) in [6.45, 7) is 4.67. The van der Waals surface area contributed by atoms with Gasteiger partial charge in [0, 0.05) is 25.5 Å². The zero-order valence-corrected chi connectivity index (χ0v) is 19.3. The summed E-state index contributed by atoms with van der Waals surface area (Å²) in [5.41, 5.74) is 2.81. The minimum atomic E-state index is -1.02. The standard InChI is InChI=1S/C25H33N3O5/c1-3-33-18-9-8-17-12-19(25(32)26-20(17)13-18)22-14-21(16-6-4-15(2)5-7-16)27-28(22)23(29)10-11-24(30)31/h4-7,17-20,22H,3,8-14H2,1-2H3,(H,26,32)(H,30,31). The van der Waals surface area contributed by atoms with E-state index in [2.05, 4.69) is 10.4 Å². The summed E-state index contributed by atoms with van der Waals surface area (Å²) in [4.78, 5) is 37.2. The molecule has 0 bridgehead atoms. The lowest BCUT2D eigenvalue weighted by Gasteiger charge is -2.44. The number of hydrogen-bond donors (Lipinski definition) is 2. The van der Waals surface area contributed by atoms with Crippen LogP contribution in [0.2, 0.25) is 0 Å². The summed E-state index contributed by atoms with van der Waals surface area (Å²) < 4.78 is 5.79. The third kappa shape index (κ3) is 5.27. The molecule has 1 saturated carbocycles. The SMILES string of the molecule is CCOC1CCC2CC(C3CC(c4ccc(C)cc4)=NN3C(=O)CCC(=O)O)C(=O)NC2C1. The molecular formula is C25H33N3O5. The molecule has 0 aromatic heterocycles. The second kappa shape index (κ2) is 10.0. The van der Waals surface area contributed by atoms with Crippen LogP contribution in [0.15, 0.2) is 29.4 Å². The Morgan fingerprint density at radius 1 is 1.18 bits per heavy atom. The number of rotatable bonds is 7. The van der Waals surface area contributed by atoms with Crippen molar-refractivity contribution in [2.24, 2.45) is 16.9 Å². The van der Waals surface area contributed by atoms with Crippen LogP contribution < -0.4 is 5.32 Å². The van der Waals surface area contributed by atoms with Gasteiger partial charge < -0.3 is 15.2 Å². The Hall–Kier alpha value is -2.74. The Morgan fingerprint density at radius 2 is 1.94 bits per heavy atom. The molecule has 8 heteroatoms. The predicted octanol–water partition coefficient (Wildman–Crippen LogP) is 2.87. The number of hydrogen-bond acceptors (Lipinski definition) is 5. The first-order valence-electron chi connectivity index (χ1n) is 12.0. The molecule has 2 aliphatic heterocycles. The molecule has 2 heterocycles. The fraction of sp³-hybridized carbons (Fsp3) is 0.600. The van der Waals surface area contributed by atoms with E-state index in [9.17, 15) is 14.4 Å². The fourth-order valence-corrected chi connectivity index (χ4v) is 5.43. The number of amides is 2. The van der Waals surface area contributed by atoms with Crippen molar-refractivity contribution >= 4 is 23.5 Å². The first-order chi connectivity index (χ1) is 15.9. The van der Waals surface area contributed by atoms with Crippen LogP contribution in [0.5, 0.6) is 0 Å². The minimum Gasteiger partial charge on any atom is -0.481 e. The molecule has 0 radical (unpaired) electrons. The van der Waals surface area contributed by atoms with Gasteiger partial charge in [0.1, 0.15) is 0 Å². The van der Waals surface area contributed by atoms with E-state index in [1.807, 2.05) is 38.1 Å². The smallest absolute Gasteiger partial charge is 0.303 e. The number of carboxylic acid groups (broad SMARTS) is 1. The molecule has 0 spiro atoms. The zero-order valence-electron chi connectivity index (χ0n) is 19.3. The predicted molar refractivity (Wildman–Crippen MR) is 123 cm³/mol. The molecule has 3 aliphatic rings. The van der Waals surface area contributed by atoms with Gasteiger partial charge in [0.15, 0.2) is 0 Å². The molecule has 1 saturated heterocycles. The van der Waals surface area contributed by atoms with Gasteiger partial charge in [0.25, 0.3) is 0 Å². The molecular weight excluding hydrogens is 422 g/mol. The number of ether oxygens (including phenoxy) is 1. The summed E-state index contributed by atoms with van der Waals surface area (Å²) >= 11 is 0. The molecule has 1 aromatic carbocycles. The summed E-state index contributed by atoms with van der Waals surface area (Å²) in [5.74, 6) is -1.43. The number of nitrogens with one attached hydrogen (secondary N) is 1. The number of carbonyl (C=O) groups is 3. The number of benzene rings is 1. The average Bonchev–Trinajstić information content (AvgIpc) is 3.23. The van der Waals surface area contributed by atoms with E-state index >= 15 is 0 Å². The van der Waals surface area contributed by atoms with E-state index in [1.54, 1.807) is 0 Å². The topological polar surface area (TPSA) is 108 Å². The van der Waals surface area contributed by atoms with Gasteiger partial charge >= 0.3 is 5.97 Å². The molecule has 2 amide bonds. The maximum Gasteiger partial charge on any atom is 0.303 e. The van der Waals surface area contributed by atoms with Gasteiger partial charge in [-0.2, -0.15) is 5.10 Å². The van der Waals surface area contributed by atoms with Crippen molar-refractivity contribution in [3.8, 4) is 0 Å². The highest BCUT2D eigenvalue weighted by atomic mass is 16.5. The zero-order chi connectivity index (χ0) is 23.5. The van der Waals surface area contributed by atoms with Crippen molar-refractivity contribution in [2.75, 3.05) is 6.61 Å². The number of fused-ring (bicyclic) bond motifs is 1. The van der Waals surface area contributed by atoms with Crippen LogP contribution in [0.4, 0.5) is 0 Å². The van der Waals surface area contributed by atoms with Gasteiger partial charge in [0.2, 0.25) is 11.8 Å². The Balaban J connectivity index is 1.53. The first-order valence-corrected chi connectivity index (χ1v) is 12.0. The van der Waals surface area contributed by atoms with Crippen molar-refractivity contribution < 1.29 is 24.2 Å². The van der Waals surface area contributed by atoms with Crippen LogP contribution in [-0.4, -0.2) is 58.4 Å². The Morgan fingerprint density at radius 3 is 2.64 bits per heavy atom. The van der Waals surface area contributed by atoms with Crippen molar-refractivity contribution in [3.05, 3.63) is 35.4 Å². The molecule has 178 valence electrons. The van der Waals surface area contributed by atoms with Crippen LogP contribution in [0.25, 0.3) is 0 Å². The van der Waals surface area contributed by atoms with Crippen LogP contribution in [0, 0.1) is 18.8 Å². The minimum absolute atomic E-state index is 0.0465. The number of carboxylic acids is 1. The van der Waals surface area contributed by atoms with Crippen LogP contribution in [-0.2, 0) is 19.1 Å². The lowest BCUT2D eigenvalue weighted by atomic mass is 9.72. The molecule has 4 rings (SSSR count). The maximum atomic E-state index is 13.2. The number of aryl methyl sites for hydroxylation is 1. The Bertz CT molecular complexity index is 928. The molecule has 2 fully saturated rings. The fourth-order valence-electron chi connectivity index (χ4n) is 5.43. The molecule has 2 N–H and O–H groups in total. The molecule has 1 aliphatic carbocycles. The molecule has 5 atom stereocenters. The van der Waals surface area contributed by atoms with E-state index in [-0.39, 0.29) is 42.7 Å². The van der Waals surface area contributed by atoms with Gasteiger partial charge in [-0.25, -0.2) is 5.01 Å². The van der Waals surface area contributed by atoms with Gasteiger partial charge in [-0.1, -0.05) is 29.8 Å². The Kier molecular flexibility index (Phi) is 7.12. The van der Waals surface area contributed by atoms with Crippen molar-refractivity contribution in [3.63, 3.8) is 0 Å². The Labute approximate surface area is 194 Å². The molecule has 5 unspecified atom stereocenters. The lowest BCUT2D eigenvalue weighted by Crippen LogP contribution is -2.57. The number of carbonyl (C=O) groups excluding carboxylic acids is 2. The van der Waals surface area contributed by atoms with Gasteiger partial charge in [-0.15, -0.1) is 0 Å². The van der Waals surface area contributed by atoms with E-state index in [1.165, 1.54) is 5.01 Å². The summed E-state index contributed by atoms with van der Waals surface area (Å²) in [7, 11) is 0. The second-order valence-electron chi connectivity index (χ2n) is 9.42. The van der Waals surface area contributed by atoms with Crippen LogP contribution in [0.3, 0.4) is 0 Å². The maximum absolute atomic E-state index is 13.2. The van der Waals surface area contributed by atoms with Gasteiger partial charge in [-0.05, 0) is 51.0 Å². The largest absolute Gasteiger partial charge is 0.481 e.